The van der Waals surface area contributed by atoms with Gasteiger partial charge in [0, 0.05) is 31.6 Å². The third-order valence-corrected chi connectivity index (χ3v) is 5.04. The first-order chi connectivity index (χ1) is 13.1. The van der Waals surface area contributed by atoms with Gasteiger partial charge >= 0.3 is 5.97 Å². The van der Waals surface area contributed by atoms with Gasteiger partial charge in [-0.1, -0.05) is 30.3 Å². The first kappa shape index (κ1) is 19.2. The molecule has 2 atom stereocenters. The summed E-state index contributed by atoms with van der Waals surface area (Å²) in [5.74, 6) is 1.16. The first-order valence-corrected chi connectivity index (χ1v) is 9.30. The van der Waals surface area contributed by atoms with Gasteiger partial charge in [-0.05, 0) is 30.2 Å². The van der Waals surface area contributed by atoms with Crippen molar-refractivity contribution >= 4 is 5.97 Å². The molecule has 1 saturated heterocycles. The highest BCUT2D eigenvalue weighted by atomic mass is 16.5. The number of benzene rings is 2. The summed E-state index contributed by atoms with van der Waals surface area (Å²) in [5.41, 5.74) is 2.28. The maximum atomic E-state index is 12.6. The smallest absolute Gasteiger partial charge is 0.310 e. The molecule has 144 valence electrons. The van der Waals surface area contributed by atoms with Gasteiger partial charge in [0.2, 0.25) is 0 Å². The van der Waals surface area contributed by atoms with Crippen molar-refractivity contribution in [3.05, 3.63) is 59.7 Å². The van der Waals surface area contributed by atoms with Crippen molar-refractivity contribution in [2.75, 3.05) is 33.9 Å². The van der Waals surface area contributed by atoms with E-state index in [1.54, 1.807) is 14.2 Å². The number of hydrogen-bond acceptors (Lipinski definition) is 5. The molecule has 2 aromatic carbocycles. The molecule has 1 aliphatic rings. The van der Waals surface area contributed by atoms with Crippen LogP contribution in [0, 0.1) is 5.92 Å². The zero-order valence-corrected chi connectivity index (χ0v) is 16.2. The second kappa shape index (κ2) is 8.91. The second-order valence-electron chi connectivity index (χ2n) is 6.79. The Morgan fingerprint density at radius 2 is 1.70 bits per heavy atom. The molecule has 27 heavy (non-hydrogen) atoms. The van der Waals surface area contributed by atoms with Crippen LogP contribution in [0.5, 0.6) is 11.5 Å². The third kappa shape index (κ3) is 4.61. The minimum absolute atomic E-state index is 0.0387. The van der Waals surface area contributed by atoms with Crippen LogP contribution in [0.2, 0.25) is 0 Å². The van der Waals surface area contributed by atoms with E-state index in [-0.39, 0.29) is 17.8 Å². The van der Waals surface area contributed by atoms with Crippen molar-refractivity contribution in [3.8, 4) is 11.5 Å². The van der Waals surface area contributed by atoms with Crippen LogP contribution < -0.4 is 9.47 Å². The van der Waals surface area contributed by atoms with Gasteiger partial charge in [0.05, 0.1) is 26.7 Å². The Balaban J connectivity index is 1.87. The fraction of sp³-hybridized carbons (Fsp3) is 0.409. The molecular formula is C22H27NO4. The molecule has 0 saturated carbocycles. The van der Waals surface area contributed by atoms with Crippen molar-refractivity contribution in [3.63, 3.8) is 0 Å². The quantitative estimate of drug-likeness (QED) is 0.700. The Bertz CT molecular complexity index is 740. The molecule has 0 aliphatic carbocycles. The molecule has 0 spiro atoms. The van der Waals surface area contributed by atoms with E-state index in [2.05, 4.69) is 17.0 Å². The van der Waals surface area contributed by atoms with Crippen LogP contribution in [-0.2, 0) is 16.1 Å². The highest BCUT2D eigenvalue weighted by Crippen LogP contribution is 2.37. The van der Waals surface area contributed by atoms with Gasteiger partial charge in [-0.15, -0.1) is 0 Å². The van der Waals surface area contributed by atoms with Crippen LogP contribution in [0.3, 0.4) is 0 Å². The van der Waals surface area contributed by atoms with Gasteiger partial charge in [0.15, 0.2) is 0 Å². The molecule has 0 radical (unpaired) electrons. The van der Waals surface area contributed by atoms with Crippen LogP contribution in [0.4, 0.5) is 0 Å². The van der Waals surface area contributed by atoms with E-state index in [0.29, 0.717) is 13.2 Å². The van der Waals surface area contributed by atoms with Gasteiger partial charge in [-0.3, -0.25) is 9.69 Å². The lowest BCUT2D eigenvalue weighted by Crippen LogP contribution is -2.25. The number of rotatable bonds is 7. The summed E-state index contributed by atoms with van der Waals surface area (Å²) < 4.78 is 16.2. The fourth-order valence-corrected chi connectivity index (χ4v) is 3.73. The van der Waals surface area contributed by atoms with E-state index in [9.17, 15) is 4.79 Å². The summed E-state index contributed by atoms with van der Waals surface area (Å²) in [7, 11) is 3.27. The summed E-state index contributed by atoms with van der Waals surface area (Å²) in [5, 5.41) is 0. The van der Waals surface area contributed by atoms with Crippen molar-refractivity contribution in [2.45, 2.75) is 19.4 Å². The van der Waals surface area contributed by atoms with E-state index < -0.39 is 0 Å². The van der Waals surface area contributed by atoms with Gasteiger partial charge in [0.25, 0.3) is 0 Å². The molecule has 2 unspecified atom stereocenters. The van der Waals surface area contributed by atoms with Crippen molar-refractivity contribution in [2.24, 2.45) is 5.92 Å². The molecule has 3 rings (SSSR count). The van der Waals surface area contributed by atoms with E-state index in [1.807, 2.05) is 43.3 Å². The van der Waals surface area contributed by atoms with Crippen molar-refractivity contribution < 1.29 is 19.0 Å². The zero-order chi connectivity index (χ0) is 19.2. The number of esters is 1. The van der Waals surface area contributed by atoms with Gasteiger partial charge in [0.1, 0.15) is 11.5 Å². The average molecular weight is 369 g/mol. The lowest BCUT2D eigenvalue weighted by molar-refractivity contribution is -0.148. The standard InChI is InChI=1S/C22H27NO4/c1-4-27-22(24)21-15-23(13-16-8-6-5-7-9-16)14-20(21)17-10-18(25-2)12-19(11-17)26-3/h5-12,20-21H,4,13-15H2,1-3H3. The van der Waals surface area contributed by atoms with Crippen molar-refractivity contribution in [1.29, 1.82) is 0 Å². The molecule has 0 aromatic heterocycles. The zero-order valence-electron chi connectivity index (χ0n) is 16.2. The number of nitrogens with zero attached hydrogens (tertiary/aromatic N) is 1. The predicted molar refractivity (Wildman–Crippen MR) is 104 cm³/mol. The highest BCUT2D eigenvalue weighted by molar-refractivity contribution is 5.74. The SMILES string of the molecule is CCOC(=O)C1CN(Cc2ccccc2)CC1c1cc(OC)cc(OC)c1. The number of carbonyl (C=O) groups is 1. The van der Waals surface area contributed by atoms with Crippen LogP contribution >= 0.6 is 0 Å². The number of carbonyl (C=O) groups excluding carboxylic acids is 1. The van der Waals surface area contributed by atoms with Crippen LogP contribution in [-0.4, -0.2) is 44.8 Å². The molecular weight excluding hydrogens is 342 g/mol. The van der Waals surface area contributed by atoms with Crippen molar-refractivity contribution in [1.82, 2.24) is 4.90 Å². The Hall–Kier alpha value is -2.53. The topological polar surface area (TPSA) is 48.0 Å². The number of ether oxygens (including phenoxy) is 3. The van der Waals surface area contributed by atoms with E-state index >= 15 is 0 Å². The molecule has 1 heterocycles. The van der Waals surface area contributed by atoms with Gasteiger partial charge in [-0.2, -0.15) is 0 Å². The monoisotopic (exact) mass is 369 g/mol. The maximum absolute atomic E-state index is 12.6. The van der Waals surface area contributed by atoms with Gasteiger partial charge in [-0.25, -0.2) is 0 Å². The average Bonchev–Trinajstić information content (AvgIpc) is 3.12. The molecule has 1 aliphatic heterocycles. The maximum Gasteiger partial charge on any atom is 0.310 e. The summed E-state index contributed by atoms with van der Waals surface area (Å²) in [6.07, 6.45) is 0. The van der Waals surface area contributed by atoms with Gasteiger partial charge < -0.3 is 14.2 Å². The Morgan fingerprint density at radius 3 is 2.30 bits per heavy atom. The number of hydrogen-bond donors (Lipinski definition) is 0. The van der Waals surface area contributed by atoms with E-state index in [1.165, 1.54) is 5.56 Å². The fourth-order valence-electron chi connectivity index (χ4n) is 3.73. The lowest BCUT2D eigenvalue weighted by atomic mass is 9.88. The lowest BCUT2D eigenvalue weighted by Gasteiger charge is -2.19. The number of likely N-dealkylation sites (tertiary alicyclic amines) is 1. The summed E-state index contributed by atoms with van der Waals surface area (Å²) in [6, 6.07) is 16.1. The summed E-state index contributed by atoms with van der Waals surface area (Å²) >= 11 is 0. The Morgan fingerprint density at radius 1 is 1.04 bits per heavy atom. The molecule has 0 N–H and O–H groups in total. The van der Waals surface area contributed by atoms with E-state index in [4.69, 9.17) is 14.2 Å². The molecule has 2 aromatic rings. The first-order valence-electron chi connectivity index (χ1n) is 9.30. The summed E-state index contributed by atoms with van der Waals surface area (Å²) in [4.78, 5) is 14.9. The molecule has 0 amide bonds. The molecule has 1 fully saturated rings. The van der Waals surface area contributed by atoms with Crippen LogP contribution in [0.25, 0.3) is 0 Å². The minimum atomic E-state index is -0.203. The normalized spacial score (nSPS) is 19.7. The van der Waals surface area contributed by atoms with Crippen LogP contribution in [0.15, 0.2) is 48.5 Å². The Labute approximate surface area is 160 Å². The predicted octanol–water partition coefficient (Wildman–Crippen LogP) is 3.48. The summed E-state index contributed by atoms with van der Waals surface area (Å²) in [6.45, 7) is 4.52. The van der Waals surface area contributed by atoms with E-state index in [0.717, 1.165) is 30.2 Å². The largest absolute Gasteiger partial charge is 0.497 e. The highest BCUT2D eigenvalue weighted by Gasteiger charge is 2.39. The molecule has 5 nitrogen and oxygen atoms in total. The molecule has 0 bridgehead atoms. The third-order valence-electron chi connectivity index (χ3n) is 5.04. The second-order valence-corrected chi connectivity index (χ2v) is 6.79. The minimum Gasteiger partial charge on any atom is -0.497 e. The number of methoxy groups -OCH3 is 2. The van der Waals surface area contributed by atoms with Crippen LogP contribution in [0.1, 0.15) is 24.0 Å². The molecule has 5 heteroatoms. The Kier molecular flexibility index (Phi) is 6.35.